The molecule has 1 saturated heterocycles. The molecule has 0 N–H and O–H groups in total. The van der Waals surface area contributed by atoms with E-state index in [0.29, 0.717) is 18.4 Å². The lowest BCUT2D eigenvalue weighted by molar-refractivity contribution is -0.139. The van der Waals surface area contributed by atoms with E-state index in [4.69, 9.17) is 0 Å². The van der Waals surface area contributed by atoms with Gasteiger partial charge < -0.3 is 9.80 Å². The zero-order chi connectivity index (χ0) is 19.4. The molecule has 1 saturated carbocycles. The summed E-state index contributed by atoms with van der Waals surface area (Å²) in [5, 5.41) is 0. The Kier molecular flexibility index (Phi) is 6.56. The van der Waals surface area contributed by atoms with Gasteiger partial charge in [0.15, 0.2) is 0 Å². The molecule has 148 valence electrons. The Balaban J connectivity index is 1.57. The van der Waals surface area contributed by atoms with E-state index in [0.717, 1.165) is 50.9 Å². The number of anilines is 1. The number of likely N-dealkylation sites (tertiary alicyclic amines) is 1. The molecule has 0 bridgehead atoms. The highest BCUT2D eigenvalue weighted by Crippen LogP contribution is 2.33. The number of piperidine rings is 1. The molecule has 2 aliphatic rings. The van der Waals surface area contributed by atoms with Gasteiger partial charge in [-0.15, -0.1) is 0 Å². The van der Waals surface area contributed by atoms with Crippen molar-refractivity contribution in [1.82, 2.24) is 4.90 Å². The maximum absolute atomic E-state index is 13.1. The van der Waals surface area contributed by atoms with E-state index in [1.165, 1.54) is 12.0 Å². The van der Waals surface area contributed by atoms with Gasteiger partial charge in [-0.05, 0) is 76.0 Å². The molecule has 4 heteroatoms. The Morgan fingerprint density at radius 1 is 1.11 bits per heavy atom. The predicted molar refractivity (Wildman–Crippen MR) is 110 cm³/mol. The monoisotopic (exact) mass is 370 g/mol. The Labute approximate surface area is 163 Å². The van der Waals surface area contributed by atoms with E-state index in [-0.39, 0.29) is 17.7 Å². The molecule has 1 unspecified atom stereocenters. The van der Waals surface area contributed by atoms with Crippen LogP contribution in [0.1, 0.15) is 57.9 Å². The lowest BCUT2D eigenvalue weighted by Gasteiger charge is -2.36. The van der Waals surface area contributed by atoms with Crippen LogP contribution in [-0.2, 0) is 9.59 Å². The molecule has 2 fully saturated rings. The standard InChI is InChI=1S/C23H34N2O2/c1-4-25(21-9-5-7-17(2)15-21)23(27)20-12-10-19(11-13-20)22(26)24-14-6-8-18(3)16-24/h5,7,9,15,18-20H,4,6,8,10-14,16H2,1-3H3. The number of carbonyl (C=O) groups excluding carboxylic acids is 2. The smallest absolute Gasteiger partial charge is 0.230 e. The van der Waals surface area contributed by atoms with Gasteiger partial charge in [0.05, 0.1) is 0 Å². The van der Waals surface area contributed by atoms with Gasteiger partial charge in [0.1, 0.15) is 0 Å². The minimum atomic E-state index is 0.0507. The van der Waals surface area contributed by atoms with Crippen molar-refractivity contribution in [1.29, 1.82) is 0 Å². The van der Waals surface area contributed by atoms with E-state index < -0.39 is 0 Å². The first kappa shape index (κ1) is 19.9. The fourth-order valence-corrected chi connectivity index (χ4v) is 4.72. The Bertz CT molecular complexity index is 664. The molecule has 0 spiro atoms. The number of carbonyl (C=O) groups is 2. The van der Waals surface area contributed by atoms with E-state index in [1.807, 2.05) is 24.0 Å². The molecule has 0 aromatic heterocycles. The minimum Gasteiger partial charge on any atom is -0.342 e. The first-order valence-electron chi connectivity index (χ1n) is 10.7. The van der Waals surface area contributed by atoms with Gasteiger partial charge >= 0.3 is 0 Å². The van der Waals surface area contributed by atoms with E-state index in [9.17, 15) is 9.59 Å². The Morgan fingerprint density at radius 2 is 1.81 bits per heavy atom. The first-order chi connectivity index (χ1) is 13.0. The van der Waals surface area contributed by atoms with Crippen molar-refractivity contribution >= 4 is 17.5 Å². The van der Waals surface area contributed by atoms with Crippen LogP contribution in [0.3, 0.4) is 0 Å². The summed E-state index contributed by atoms with van der Waals surface area (Å²) >= 11 is 0. The summed E-state index contributed by atoms with van der Waals surface area (Å²) < 4.78 is 0. The van der Waals surface area contributed by atoms with Gasteiger partial charge in [0, 0.05) is 37.2 Å². The second-order valence-electron chi connectivity index (χ2n) is 8.50. The second-order valence-corrected chi connectivity index (χ2v) is 8.50. The number of benzene rings is 1. The second kappa shape index (κ2) is 8.90. The molecule has 4 nitrogen and oxygen atoms in total. The summed E-state index contributed by atoms with van der Waals surface area (Å²) in [7, 11) is 0. The van der Waals surface area contributed by atoms with Crippen molar-refractivity contribution in [3.8, 4) is 0 Å². The van der Waals surface area contributed by atoms with Crippen LogP contribution in [0.4, 0.5) is 5.69 Å². The van der Waals surface area contributed by atoms with Crippen LogP contribution in [0.25, 0.3) is 0 Å². The van der Waals surface area contributed by atoms with Crippen molar-refractivity contribution in [2.45, 2.75) is 59.3 Å². The van der Waals surface area contributed by atoms with Crippen LogP contribution in [0, 0.1) is 24.7 Å². The first-order valence-corrected chi connectivity index (χ1v) is 10.7. The van der Waals surface area contributed by atoms with Crippen LogP contribution < -0.4 is 4.90 Å². The third kappa shape index (κ3) is 4.72. The number of rotatable bonds is 4. The molecular formula is C23H34N2O2. The molecule has 1 aliphatic carbocycles. The highest BCUT2D eigenvalue weighted by atomic mass is 16.2. The zero-order valence-corrected chi connectivity index (χ0v) is 17.1. The highest BCUT2D eigenvalue weighted by molar-refractivity contribution is 5.95. The normalized spacial score (nSPS) is 25.9. The van der Waals surface area contributed by atoms with Crippen LogP contribution in [0.2, 0.25) is 0 Å². The fourth-order valence-electron chi connectivity index (χ4n) is 4.72. The van der Waals surface area contributed by atoms with E-state index in [2.05, 4.69) is 30.9 Å². The summed E-state index contributed by atoms with van der Waals surface area (Å²) in [4.78, 5) is 29.9. The number of hydrogen-bond acceptors (Lipinski definition) is 2. The highest BCUT2D eigenvalue weighted by Gasteiger charge is 2.34. The number of aryl methyl sites for hydroxylation is 1. The lowest BCUT2D eigenvalue weighted by atomic mass is 9.80. The maximum atomic E-state index is 13.1. The molecule has 27 heavy (non-hydrogen) atoms. The van der Waals surface area contributed by atoms with Crippen molar-refractivity contribution in [2.75, 3.05) is 24.5 Å². The average Bonchev–Trinajstić information content (AvgIpc) is 2.68. The molecule has 3 rings (SSSR count). The molecule has 1 aromatic carbocycles. The number of nitrogens with zero attached hydrogens (tertiary/aromatic N) is 2. The molecule has 2 amide bonds. The summed E-state index contributed by atoms with van der Waals surface area (Å²) in [6.07, 6.45) is 5.73. The molecule has 1 aromatic rings. The molecular weight excluding hydrogens is 336 g/mol. The van der Waals surface area contributed by atoms with Gasteiger partial charge in [0.2, 0.25) is 11.8 Å². The summed E-state index contributed by atoms with van der Waals surface area (Å²) in [6.45, 7) is 8.84. The quantitative estimate of drug-likeness (QED) is 0.787. The van der Waals surface area contributed by atoms with Gasteiger partial charge in [-0.1, -0.05) is 19.1 Å². The van der Waals surface area contributed by atoms with Crippen LogP contribution >= 0.6 is 0 Å². The third-order valence-corrected chi connectivity index (χ3v) is 6.29. The topological polar surface area (TPSA) is 40.6 Å². The average molecular weight is 371 g/mol. The third-order valence-electron chi connectivity index (χ3n) is 6.29. The maximum Gasteiger partial charge on any atom is 0.230 e. The van der Waals surface area contributed by atoms with E-state index in [1.54, 1.807) is 0 Å². The van der Waals surface area contributed by atoms with Crippen molar-refractivity contribution in [3.63, 3.8) is 0 Å². The van der Waals surface area contributed by atoms with Crippen molar-refractivity contribution in [3.05, 3.63) is 29.8 Å². The lowest BCUT2D eigenvalue weighted by Crippen LogP contribution is -2.44. The van der Waals surface area contributed by atoms with Gasteiger partial charge in [0.25, 0.3) is 0 Å². The molecule has 1 atom stereocenters. The molecule has 1 aliphatic heterocycles. The van der Waals surface area contributed by atoms with Gasteiger partial charge in [-0.3, -0.25) is 9.59 Å². The Hall–Kier alpha value is -1.84. The summed E-state index contributed by atoms with van der Waals surface area (Å²) in [5.74, 6) is 1.34. The predicted octanol–water partition coefficient (Wildman–Crippen LogP) is 4.41. The van der Waals surface area contributed by atoms with Crippen molar-refractivity contribution < 1.29 is 9.59 Å². The summed E-state index contributed by atoms with van der Waals surface area (Å²) in [5.41, 5.74) is 2.16. The Morgan fingerprint density at radius 3 is 2.44 bits per heavy atom. The minimum absolute atomic E-state index is 0.0507. The van der Waals surface area contributed by atoms with Crippen LogP contribution in [0.5, 0.6) is 0 Å². The van der Waals surface area contributed by atoms with Crippen LogP contribution in [-0.4, -0.2) is 36.3 Å². The van der Waals surface area contributed by atoms with Crippen LogP contribution in [0.15, 0.2) is 24.3 Å². The molecule has 1 heterocycles. The number of amides is 2. The van der Waals surface area contributed by atoms with Gasteiger partial charge in [-0.25, -0.2) is 0 Å². The molecule has 0 radical (unpaired) electrons. The summed E-state index contributed by atoms with van der Waals surface area (Å²) in [6, 6.07) is 8.16. The SMILES string of the molecule is CCN(C(=O)C1CCC(C(=O)N2CCCC(C)C2)CC1)c1cccc(C)c1. The number of hydrogen-bond donors (Lipinski definition) is 0. The fraction of sp³-hybridized carbons (Fsp3) is 0.652. The van der Waals surface area contributed by atoms with E-state index >= 15 is 0 Å². The van der Waals surface area contributed by atoms with Gasteiger partial charge in [-0.2, -0.15) is 0 Å². The zero-order valence-electron chi connectivity index (χ0n) is 17.1. The van der Waals surface area contributed by atoms with Crippen molar-refractivity contribution in [2.24, 2.45) is 17.8 Å². The largest absolute Gasteiger partial charge is 0.342 e.